The van der Waals surface area contributed by atoms with Crippen molar-refractivity contribution in [3.63, 3.8) is 0 Å². The number of non-ortho nitro benzene ring substituents is 1. The SMILES string of the molecule is COCC(=O)NCCNc1ncnc2ccc([N+](=O)[O-])cc12. The van der Waals surface area contributed by atoms with E-state index in [1.807, 2.05) is 0 Å². The molecule has 22 heavy (non-hydrogen) atoms. The highest BCUT2D eigenvalue weighted by Crippen LogP contribution is 2.23. The van der Waals surface area contributed by atoms with Gasteiger partial charge >= 0.3 is 0 Å². The summed E-state index contributed by atoms with van der Waals surface area (Å²) in [7, 11) is 1.44. The lowest BCUT2D eigenvalue weighted by Gasteiger charge is -2.09. The van der Waals surface area contributed by atoms with E-state index in [-0.39, 0.29) is 18.2 Å². The summed E-state index contributed by atoms with van der Waals surface area (Å²) in [5, 5.41) is 17.1. The molecule has 0 spiro atoms. The van der Waals surface area contributed by atoms with Crippen LogP contribution in [-0.2, 0) is 9.53 Å². The molecule has 0 fully saturated rings. The van der Waals surface area contributed by atoms with E-state index in [0.29, 0.717) is 29.8 Å². The summed E-state index contributed by atoms with van der Waals surface area (Å²) in [6, 6.07) is 4.38. The standard InChI is InChI=1S/C13H15N5O4/c1-22-7-12(19)14-4-5-15-13-10-6-9(18(20)21)2-3-11(10)16-8-17-13/h2-3,6,8H,4-5,7H2,1H3,(H,14,19)(H,15,16,17). The third-order valence-electron chi connectivity index (χ3n) is 2.84. The van der Waals surface area contributed by atoms with Crippen LogP contribution >= 0.6 is 0 Å². The van der Waals surface area contributed by atoms with Gasteiger partial charge in [0.1, 0.15) is 18.8 Å². The average Bonchev–Trinajstić information content (AvgIpc) is 2.51. The van der Waals surface area contributed by atoms with Gasteiger partial charge in [-0.25, -0.2) is 9.97 Å². The van der Waals surface area contributed by atoms with Crippen molar-refractivity contribution in [1.82, 2.24) is 15.3 Å². The topological polar surface area (TPSA) is 119 Å². The fourth-order valence-corrected chi connectivity index (χ4v) is 1.86. The molecule has 0 unspecified atom stereocenters. The molecule has 1 heterocycles. The number of rotatable bonds is 7. The van der Waals surface area contributed by atoms with E-state index in [0.717, 1.165) is 0 Å². The Bertz CT molecular complexity index is 691. The third-order valence-corrected chi connectivity index (χ3v) is 2.84. The van der Waals surface area contributed by atoms with Crippen LogP contribution in [0.3, 0.4) is 0 Å². The molecule has 1 aromatic heterocycles. The van der Waals surface area contributed by atoms with Crippen LogP contribution in [0, 0.1) is 10.1 Å². The number of fused-ring (bicyclic) bond motifs is 1. The first-order chi connectivity index (χ1) is 10.6. The van der Waals surface area contributed by atoms with Crippen LogP contribution in [0.15, 0.2) is 24.5 Å². The highest BCUT2D eigenvalue weighted by Gasteiger charge is 2.10. The van der Waals surface area contributed by atoms with Gasteiger partial charge in [0.2, 0.25) is 5.91 Å². The van der Waals surface area contributed by atoms with E-state index < -0.39 is 4.92 Å². The van der Waals surface area contributed by atoms with Gasteiger partial charge in [-0.15, -0.1) is 0 Å². The number of hydrogen-bond donors (Lipinski definition) is 2. The van der Waals surface area contributed by atoms with Gasteiger partial charge in [0, 0.05) is 37.7 Å². The molecule has 1 amide bonds. The number of carbonyl (C=O) groups excluding carboxylic acids is 1. The molecule has 0 aliphatic rings. The zero-order chi connectivity index (χ0) is 15.9. The minimum absolute atomic E-state index is 0.00261. The van der Waals surface area contributed by atoms with Gasteiger partial charge in [0.25, 0.3) is 5.69 Å². The van der Waals surface area contributed by atoms with Crippen LogP contribution in [0.25, 0.3) is 10.9 Å². The molecule has 1 aromatic carbocycles. The Hall–Kier alpha value is -2.81. The molecule has 116 valence electrons. The Labute approximate surface area is 125 Å². The summed E-state index contributed by atoms with van der Waals surface area (Å²) in [6.45, 7) is 0.801. The average molecular weight is 305 g/mol. The van der Waals surface area contributed by atoms with E-state index in [1.165, 1.54) is 25.6 Å². The smallest absolute Gasteiger partial charge is 0.270 e. The van der Waals surface area contributed by atoms with E-state index in [4.69, 9.17) is 4.74 Å². The first-order valence-electron chi connectivity index (χ1n) is 6.50. The first kappa shape index (κ1) is 15.6. The van der Waals surface area contributed by atoms with Crippen molar-refractivity contribution in [2.75, 3.05) is 32.1 Å². The predicted octanol–water partition coefficient (Wildman–Crippen LogP) is 0.712. The maximum Gasteiger partial charge on any atom is 0.270 e. The fraction of sp³-hybridized carbons (Fsp3) is 0.308. The van der Waals surface area contributed by atoms with Crippen LogP contribution in [0.1, 0.15) is 0 Å². The number of methoxy groups -OCH3 is 1. The first-order valence-corrected chi connectivity index (χ1v) is 6.50. The summed E-state index contributed by atoms with van der Waals surface area (Å²) >= 11 is 0. The second-order valence-electron chi connectivity index (χ2n) is 4.39. The molecule has 2 aromatic rings. The van der Waals surface area contributed by atoms with Gasteiger partial charge < -0.3 is 15.4 Å². The molecule has 0 radical (unpaired) electrons. The van der Waals surface area contributed by atoms with Crippen molar-refractivity contribution in [3.8, 4) is 0 Å². The minimum Gasteiger partial charge on any atom is -0.375 e. The van der Waals surface area contributed by atoms with Gasteiger partial charge in [-0.1, -0.05) is 0 Å². The van der Waals surface area contributed by atoms with Crippen LogP contribution in [-0.4, -0.2) is 47.6 Å². The number of nitro groups is 1. The van der Waals surface area contributed by atoms with Gasteiger partial charge in [-0.3, -0.25) is 14.9 Å². The normalized spacial score (nSPS) is 10.4. The zero-order valence-corrected chi connectivity index (χ0v) is 11.9. The van der Waals surface area contributed by atoms with Gasteiger partial charge in [0.05, 0.1) is 10.4 Å². The Kier molecular flexibility index (Phi) is 5.15. The number of aromatic nitrogens is 2. The summed E-state index contributed by atoms with van der Waals surface area (Å²) in [5.74, 6) is 0.266. The van der Waals surface area contributed by atoms with Crippen LogP contribution in [0.5, 0.6) is 0 Å². The highest BCUT2D eigenvalue weighted by molar-refractivity contribution is 5.90. The number of nitrogens with zero attached hydrogens (tertiary/aromatic N) is 3. The van der Waals surface area contributed by atoms with Gasteiger partial charge in [0.15, 0.2) is 0 Å². The largest absolute Gasteiger partial charge is 0.375 e. The predicted molar refractivity (Wildman–Crippen MR) is 79.6 cm³/mol. The number of hydrogen-bond acceptors (Lipinski definition) is 7. The summed E-state index contributed by atoms with van der Waals surface area (Å²) in [4.78, 5) is 29.7. The van der Waals surface area contributed by atoms with Crippen LogP contribution < -0.4 is 10.6 Å². The van der Waals surface area contributed by atoms with E-state index in [2.05, 4.69) is 20.6 Å². The second-order valence-corrected chi connectivity index (χ2v) is 4.39. The van der Waals surface area contributed by atoms with Crippen molar-refractivity contribution in [2.24, 2.45) is 0 Å². The fourth-order valence-electron chi connectivity index (χ4n) is 1.86. The van der Waals surface area contributed by atoms with E-state index in [9.17, 15) is 14.9 Å². The van der Waals surface area contributed by atoms with Crippen LogP contribution in [0.2, 0.25) is 0 Å². The second kappa shape index (κ2) is 7.27. The third kappa shape index (κ3) is 3.85. The molecule has 0 bridgehead atoms. The molecule has 0 saturated carbocycles. The number of amides is 1. The molecular weight excluding hydrogens is 290 g/mol. The molecule has 0 aliphatic heterocycles. The van der Waals surface area contributed by atoms with Crippen molar-refractivity contribution >= 4 is 28.3 Å². The monoisotopic (exact) mass is 305 g/mol. The molecule has 0 saturated heterocycles. The zero-order valence-electron chi connectivity index (χ0n) is 11.9. The molecule has 9 heteroatoms. The highest BCUT2D eigenvalue weighted by atomic mass is 16.6. The molecular formula is C13H15N5O4. The lowest BCUT2D eigenvalue weighted by atomic mass is 10.2. The van der Waals surface area contributed by atoms with E-state index in [1.54, 1.807) is 6.07 Å². The quantitative estimate of drug-likeness (QED) is 0.439. The van der Waals surface area contributed by atoms with E-state index >= 15 is 0 Å². The Morgan fingerprint density at radius 1 is 1.36 bits per heavy atom. The Morgan fingerprint density at radius 3 is 2.91 bits per heavy atom. The van der Waals surface area contributed by atoms with Crippen molar-refractivity contribution in [2.45, 2.75) is 0 Å². The maximum atomic E-state index is 11.2. The number of benzene rings is 1. The summed E-state index contributed by atoms with van der Waals surface area (Å²) in [5.41, 5.74) is 0.574. The van der Waals surface area contributed by atoms with Crippen molar-refractivity contribution in [3.05, 3.63) is 34.6 Å². The summed E-state index contributed by atoms with van der Waals surface area (Å²) < 4.78 is 4.70. The number of carbonyl (C=O) groups is 1. The molecule has 0 aliphatic carbocycles. The number of anilines is 1. The lowest BCUT2D eigenvalue weighted by Crippen LogP contribution is -2.31. The molecule has 0 atom stereocenters. The Morgan fingerprint density at radius 2 is 2.18 bits per heavy atom. The lowest BCUT2D eigenvalue weighted by molar-refractivity contribution is -0.384. The Balaban J connectivity index is 2.05. The van der Waals surface area contributed by atoms with Gasteiger partial charge in [-0.2, -0.15) is 0 Å². The molecule has 2 rings (SSSR count). The number of nitrogens with one attached hydrogen (secondary N) is 2. The van der Waals surface area contributed by atoms with Crippen LogP contribution in [0.4, 0.5) is 11.5 Å². The molecule has 2 N–H and O–H groups in total. The minimum atomic E-state index is -0.471. The van der Waals surface area contributed by atoms with Crippen molar-refractivity contribution < 1.29 is 14.5 Å². The molecule has 9 nitrogen and oxygen atoms in total. The van der Waals surface area contributed by atoms with Gasteiger partial charge in [-0.05, 0) is 6.07 Å². The summed E-state index contributed by atoms with van der Waals surface area (Å²) in [6.07, 6.45) is 1.38. The number of ether oxygens (including phenoxy) is 1. The maximum absolute atomic E-state index is 11.2. The number of nitro benzene ring substituents is 1. The van der Waals surface area contributed by atoms with Crippen molar-refractivity contribution in [1.29, 1.82) is 0 Å².